The second kappa shape index (κ2) is 18.5. The minimum absolute atomic E-state index is 0. The molecule has 10 nitrogen and oxygen atoms in total. The topological polar surface area (TPSA) is 98.8 Å². The van der Waals surface area contributed by atoms with Gasteiger partial charge in [0.2, 0.25) is 11.9 Å². The van der Waals surface area contributed by atoms with Crippen LogP contribution in [0.2, 0.25) is 18.1 Å². The zero-order valence-corrected chi connectivity index (χ0v) is 34.1. The molecular weight excluding hydrogens is 697 g/mol. The summed E-state index contributed by atoms with van der Waals surface area (Å²) >= 11 is 0. The molecule has 284 valence electrons. The van der Waals surface area contributed by atoms with E-state index >= 15 is 0 Å². The van der Waals surface area contributed by atoms with E-state index in [9.17, 15) is 4.79 Å². The van der Waals surface area contributed by atoms with Crippen LogP contribution in [0.5, 0.6) is 0 Å². The summed E-state index contributed by atoms with van der Waals surface area (Å²) in [7, 11) is -1.84. The highest BCUT2D eigenvalue weighted by atomic mass is 32.1. The van der Waals surface area contributed by atoms with Crippen LogP contribution in [0.1, 0.15) is 51.2 Å². The van der Waals surface area contributed by atoms with Gasteiger partial charge in [-0.05, 0) is 78.9 Å². The fourth-order valence-corrected chi connectivity index (χ4v) is 7.62. The lowest BCUT2D eigenvalue weighted by molar-refractivity contribution is -0.122. The van der Waals surface area contributed by atoms with E-state index in [1.54, 1.807) is 6.20 Å². The Morgan fingerprint density at radius 3 is 2.40 bits per heavy atom. The second-order valence-corrected chi connectivity index (χ2v) is 20.5. The molecule has 1 atom stereocenters. The molecular formula is C41H58N8O2SSi. The molecule has 4 aromatic rings. The lowest BCUT2D eigenvalue weighted by Gasteiger charge is -2.36. The summed E-state index contributed by atoms with van der Waals surface area (Å²) in [6, 6.07) is 25.3. The summed E-state index contributed by atoms with van der Waals surface area (Å²) in [6.45, 7) is 18.8. The first-order valence-corrected chi connectivity index (χ1v) is 21.7. The number of hydrogen-bond acceptors (Lipinski definition) is 9. The Kier molecular flexibility index (Phi) is 14.1. The molecule has 1 unspecified atom stereocenters. The largest absolute Gasteiger partial charge is 0.413 e. The Labute approximate surface area is 324 Å². The smallest absolute Gasteiger partial charge is 0.234 e. The fourth-order valence-electron chi connectivity index (χ4n) is 6.66. The Balaban J connectivity index is 0.00000541. The normalized spacial score (nSPS) is 17.0. The van der Waals surface area contributed by atoms with Crippen LogP contribution in [0, 0.1) is 0 Å². The molecule has 2 aromatic carbocycles. The van der Waals surface area contributed by atoms with Crippen molar-refractivity contribution in [3.05, 3.63) is 96.3 Å². The number of nitrogens with zero attached hydrogens (tertiary/aromatic N) is 6. The molecule has 2 fully saturated rings. The van der Waals surface area contributed by atoms with Crippen molar-refractivity contribution in [3.63, 3.8) is 0 Å². The van der Waals surface area contributed by atoms with Gasteiger partial charge in [-0.15, -0.1) is 0 Å². The molecule has 2 aliphatic rings. The number of hydrogen-bond donors (Lipinski definition) is 2. The molecule has 0 aliphatic carbocycles. The maximum Gasteiger partial charge on any atom is 0.234 e. The van der Waals surface area contributed by atoms with Crippen LogP contribution in [-0.2, 0) is 22.4 Å². The summed E-state index contributed by atoms with van der Waals surface area (Å²) in [4.78, 5) is 34.1. The maximum absolute atomic E-state index is 12.8. The van der Waals surface area contributed by atoms with Crippen molar-refractivity contribution in [2.75, 3.05) is 56.0 Å². The number of benzene rings is 2. The number of piperazine rings is 1. The zero-order chi connectivity index (χ0) is 36.6. The molecule has 2 saturated heterocycles. The third-order valence-electron chi connectivity index (χ3n) is 10.8. The first-order chi connectivity index (χ1) is 25.0. The quantitative estimate of drug-likeness (QED) is 0.130. The Morgan fingerprint density at radius 2 is 1.66 bits per heavy atom. The summed E-state index contributed by atoms with van der Waals surface area (Å²) in [6.07, 6.45) is 6.81. The van der Waals surface area contributed by atoms with Crippen LogP contribution >= 0.6 is 13.5 Å². The lowest BCUT2D eigenvalue weighted by atomic mass is 10.1. The van der Waals surface area contributed by atoms with Crippen LogP contribution in [0.4, 0.5) is 17.5 Å². The van der Waals surface area contributed by atoms with E-state index in [-0.39, 0.29) is 24.4 Å². The van der Waals surface area contributed by atoms with E-state index in [1.807, 2.05) is 24.4 Å². The highest BCUT2D eigenvalue weighted by molar-refractivity contribution is 7.59. The van der Waals surface area contributed by atoms with Crippen LogP contribution in [0.3, 0.4) is 0 Å². The predicted molar refractivity (Wildman–Crippen MR) is 224 cm³/mol. The van der Waals surface area contributed by atoms with Gasteiger partial charge in [-0.2, -0.15) is 13.5 Å². The van der Waals surface area contributed by atoms with Crippen LogP contribution in [0.15, 0.2) is 85.2 Å². The third kappa shape index (κ3) is 11.3. The molecule has 0 spiro atoms. The van der Waals surface area contributed by atoms with E-state index in [0.717, 1.165) is 86.9 Å². The van der Waals surface area contributed by atoms with Gasteiger partial charge >= 0.3 is 0 Å². The highest BCUT2D eigenvalue weighted by Gasteiger charge is 2.37. The van der Waals surface area contributed by atoms with Crippen LogP contribution in [-0.4, -0.2) is 90.8 Å². The van der Waals surface area contributed by atoms with Crippen molar-refractivity contribution in [1.82, 2.24) is 30.1 Å². The van der Waals surface area contributed by atoms with E-state index in [0.29, 0.717) is 31.7 Å². The molecule has 1 amide bonds. The van der Waals surface area contributed by atoms with E-state index in [4.69, 9.17) is 14.4 Å². The number of carbonyl (C=O) groups is 1. The van der Waals surface area contributed by atoms with Crippen molar-refractivity contribution in [3.8, 4) is 11.3 Å². The molecule has 53 heavy (non-hydrogen) atoms. The molecule has 2 N–H and O–H groups in total. The van der Waals surface area contributed by atoms with E-state index in [2.05, 4.69) is 119 Å². The van der Waals surface area contributed by atoms with Crippen molar-refractivity contribution in [1.29, 1.82) is 0 Å². The molecule has 6 rings (SSSR count). The molecule has 12 heteroatoms. The number of nitrogens with one attached hydrogen (secondary N) is 2. The minimum atomic E-state index is -1.84. The average Bonchev–Trinajstić information content (AvgIpc) is 3.60. The molecule has 0 bridgehead atoms. The first kappa shape index (κ1) is 40.4. The van der Waals surface area contributed by atoms with Gasteiger partial charge in [-0.25, -0.2) is 15.0 Å². The molecule has 0 saturated carbocycles. The standard InChI is InChI=1S/C41H56N8O2Si.H2S/c1-41(2,3)52(4,5)51-31-33-13-9-14-35(27-33)45-40-43-21-19-37(46-40)34-16-17-38(44-28-34)49-22-10-15-36(49)18-20-42-39(50)30-48-25-23-47(24-26-48)29-32-11-7-6-8-12-32;/h6-9,11-14,16-17,19,21,27-28,36H,10,15,18,20,22-26,29-31H2,1-5H3,(H,42,50)(H,43,45,46);1H2. The maximum atomic E-state index is 12.8. The molecule has 0 radical (unpaired) electrons. The predicted octanol–water partition coefficient (Wildman–Crippen LogP) is 7.21. The molecule has 2 aliphatic heterocycles. The lowest BCUT2D eigenvalue weighted by Crippen LogP contribution is -2.49. The van der Waals surface area contributed by atoms with Gasteiger partial charge in [-0.1, -0.05) is 63.2 Å². The summed E-state index contributed by atoms with van der Waals surface area (Å²) in [5.41, 5.74) is 5.14. The van der Waals surface area contributed by atoms with Gasteiger partial charge in [0, 0.05) is 75.5 Å². The highest BCUT2D eigenvalue weighted by Crippen LogP contribution is 2.37. The Bertz CT molecular complexity index is 1750. The minimum Gasteiger partial charge on any atom is -0.413 e. The zero-order valence-electron chi connectivity index (χ0n) is 32.1. The van der Waals surface area contributed by atoms with Gasteiger partial charge in [0.25, 0.3) is 0 Å². The second-order valence-electron chi connectivity index (χ2n) is 15.7. The van der Waals surface area contributed by atoms with Gasteiger partial charge in [-0.3, -0.25) is 14.6 Å². The van der Waals surface area contributed by atoms with Gasteiger partial charge in [0.1, 0.15) is 5.82 Å². The first-order valence-electron chi connectivity index (χ1n) is 18.8. The number of rotatable bonds is 14. The van der Waals surface area contributed by atoms with Crippen LogP contribution < -0.4 is 15.5 Å². The molecule has 4 heterocycles. The van der Waals surface area contributed by atoms with Crippen molar-refractivity contribution in [2.24, 2.45) is 0 Å². The van der Waals surface area contributed by atoms with Crippen LogP contribution in [0.25, 0.3) is 11.3 Å². The average molecular weight is 755 g/mol. The van der Waals surface area contributed by atoms with Gasteiger partial charge < -0.3 is 20.0 Å². The third-order valence-corrected chi connectivity index (χ3v) is 15.3. The number of amides is 1. The van der Waals surface area contributed by atoms with Crippen molar-refractivity contribution >= 4 is 45.2 Å². The van der Waals surface area contributed by atoms with Gasteiger partial charge in [0.05, 0.1) is 18.8 Å². The fraction of sp³-hybridized carbons (Fsp3) is 0.463. The monoisotopic (exact) mass is 754 g/mol. The number of anilines is 3. The number of aromatic nitrogens is 3. The van der Waals surface area contributed by atoms with Crippen molar-refractivity contribution < 1.29 is 9.22 Å². The van der Waals surface area contributed by atoms with E-state index < -0.39 is 8.32 Å². The number of pyridine rings is 1. The summed E-state index contributed by atoms with van der Waals surface area (Å²) in [5, 5.41) is 6.73. The van der Waals surface area contributed by atoms with E-state index in [1.165, 1.54) is 5.56 Å². The van der Waals surface area contributed by atoms with Gasteiger partial charge in [0.15, 0.2) is 8.32 Å². The summed E-state index contributed by atoms with van der Waals surface area (Å²) < 4.78 is 6.44. The SMILES string of the molecule is CC(C)(C)[Si](C)(C)OCc1cccc(Nc2nccc(-c3ccc(N4CCCC4CCNC(=O)CN4CCN(Cc5ccccc5)CC4)nc3)n2)c1.S. The van der Waals surface area contributed by atoms with Crippen molar-refractivity contribution in [2.45, 2.75) is 77.4 Å². The summed E-state index contributed by atoms with van der Waals surface area (Å²) in [5.74, 6) is 1.62. The number of carbonyl (C=O) groups excluding carboxylic acids is 1. The Hall–Kier alpha value is -3.81. The Morgan fingerprint density at radius 1 is 0.906 bits per heavy atom. The molecule has 2 aromatic heterocycles.